The predicted octanol–water partition coefficient (Wildman–Crippen LogP) is 3.98. The molecular formula is C20H18O4. The highest BCUT2D eigenvalue weighted by molar-refractivity contribution is 6.29. The van der Waals surface area contributed by atoms with Gasteiger partial charge in [0.1, 0.15) is 11.5 Å². The monoisotopic (exact) mass is 322 g/mol. The first kappa shape index (κ1) is 14.9. The van der Waals surface area contributed by atoms with Crippen molar-refractivity contribution in [2.45, 2.75) is 33.1 Å². The number of aromatic hydroxyl groups is 2. The number of fused-ring (bicyclic) bond motifs is 3. The maximum absolute atomic E-state index is 12.7. The maximum Gasteiger partial charge on any atom is 0.171 e. The molecule has 0 saturated carbocycles. The van der Waals surface area contributed by atoms with Gasteiger partial charge < -0.3 is 10.2 Å². The minimum Gasteiger partial charge on any atom is -0.507 e. The summed E-state index contributed by atoms with van der Waals surface area (Å²) in [4.78, 5) is 25.4. The van der Waals surface area contributed by atoms with E-state index < -0.39 is 0 Å². The second-order valence-electron chi connectivity index (χ2n) is 7.54. The van der Waals surface area contributed by atoms with Crippen molar-refractivity contribution >= 4 is 27.9 Å². The van der Waals surface area contributed by atoms with E-state index in [4.69, 9.17) is 0 Å². The van der Waals surface area contributed by atoms with Gasteiger partial charge in [0, 0.05) is 24.0 Å². The van der Waals surface area contributed by atoms with Gasteiger partial charge >= 0.3 is 0 Å². The normalized spacial score (nSPS) is 19.4. The largest absolute Gasteiger partial charge is 0.507 e. The third-order valence-corrected chi connectivity index (χ3v) is 5.00. The first-order chi connectivity index (χ1) is 11.3. The molecule has 0 atom stereocenters. The Morgan fingerprint density at radius 2 is 1.79 bits per heavy atom. The number of rotatable bonds is 0. The molecule has 2 aliphatic carbocycles. The van der Waals surface area contributed by atoms with Crippen LogP contribution in [0.1, 0.15) is 49.0 Å². The third kappa shape index (κ3) is 1.99. The van der Waals surface area contributed by atoms with Gasteiger partial charge in [-0.15, -0.1) is 0 Å². The van der Waals surface area contributed by atoms with Gasteiger partial charge in [0.2, 0.25) is 0 Å². The maximum atomic E-state index is 12.7. The zero-order chi connectivity index (χ0) is 17.2. The summed E-state index contributed by atoms with van der Waals surface area (Å²) >= 11 is 0. The van der Waals surface area contributed by atoms with E-state index in [1.54, 1.807) is 18.2 Å². The first-order valence-electron chi connectivity index (χ1n) is 8.05. The Morgan fingerprint density at radius 1 is 1.04 bits per heavy atom. The SMILES string of the molecule is CC1(C)CC(=O)C2=C(CC(=O)c3c2cc2cccc(O)c2c3O)C1. The Morgan fingerprint density at radius 3 is 2.54 bits per heavy atom. The van der Waals surface area contributed by atoms with Crippen LogP contribution in [-0.2, 0) is 4.79 Å². The van der Waals surface area contributed by atoms with Crippen molar-refractivity contribution in [2.24, 2.45) is 5.41 Å². The van der Waals surface area contributed by atoms with E-state index >= 15 is 0 Å². The highest BCUT2D eigenvalue weighted by Gasteiger charge is 2.39. The Balaban J connectivity index is 2.07. The number of benzene rings is 2. The van der Waals surface area contributed by atoms with E-state index in [0.29, 0.717) is 29.4 Å². The molecule has 2 N–H and O–H groups in total. The summed E-state index contributed by atoms with van der Waals surface area (Å²) in [7, 11) is 0. The minimum absolute atomic E-state index is 0.0221. The molecule has 0 aliphatic heterocycles. The lowest BCUT2D eigenvalue weighted by molar-refractivity contribution is -0.116. The minimum atomic E-state index is -0.227. The topological polar surface area (TPSA) is 74.6 Å². The van der Waals surface area contributed by atoms with Crippen molar-refractivity contribution < 1.29 is 19.8 Å². The quantitative estimate of drug-likeness (QED) is 0.769. The summed E-state index contributed by atoms with van der Waals surface area (Å²) in [6, 6.07) is 6.65. The molecular weight excluding hydrogens is 304 g/mol. The molecule has 2 aromatic carbocycles. The lowest BCUT2D eigenvalue weighted by atomic mass is 9.68. The predicted molar refractivity (Wildman–Crippen MR) is 91.2 cm³/mol. The molecule has 4 rings (SSSR count). The molecule has 2 aliphatic rings. The van der Waals surface area contributed by atoms with Crippen LogP contribution in [0.4, 0.5) is 0 Å². The average Bonchev–Trinajstić information content (AvgIpc) is 2.44. The fourth-order valence-corrected chi connectivity index (χ4v) is 4.12. The summed E-state index contributed by atoms with van der Waals surface area (Å²) in [6.07, 6.45) is 1.29. The molecule has 0 radical (unpaired) electrons. The Labute approximate surface area is 139 Å². The molecule has 0 unspecified atom stereocenters. The zero-order valence-electron chi connectivity index (χ0n) is 13.6. The molecule has 0 heterocycles. The van der Waals surface area contributed by atoms with Crippen LogP contribution in [0.5, 0.6) is 11.5 Å². The van der Waals surface area contributed by atoms with E-state index in [9.17, 15) is 19.8 Å². The number of carbonyl (C=O) groups is 2. The summed E-state index contributed by atoms with van der Waals surface area (Å²) in [5, 5.41) is 21.5. The average molecular weight is 322 g/mol. The molecule has 122 valence electrons. The summed E-state index contributed by atoms with van der Waals surface area (Å²) < 4.78 is 0. The molecule has 4 heteroatoms. The number of carbonyl (C=O) groups excluding carboxylic acids is 2. The van der Waals surface area contributed by atoms with Gasteiger partial charge in [-0.25, -0.2) is 0 Å². The van der Waals surface area contributed by atoms with Gasteiger partial charge in [-0.2, -0.15) is 0 Å². The standard InChI is InChI=1S/C20H18O4/c1-20(2)8-11-7-14(22)18-12(16(11)15(23)9-20)6-10-4-3-5-13(21)17(10)19(18)24/h3-6,21,24H,7-9H2,1-2H3. The van der Waals surface area contributed by atoms with Gasteiger partial charge in [-0.05, 0) is 29.4 Å². The summed E-state index contributed by atoms with van der Waals surface area (Å²) in [5.74, 6) is -0.475. The molecule has 4 nitrogen and oxygen atoms in total. The second kappa shape index (κ2) is 4.69. The Hall–Kier alpha value is -2.62. The highest BCUT2D eigenvalue weighted by atomic mass is 16.3. The first-order valence-corrected chi connectivity index (χ1v) is 8.05. The van der Waals surface area contributed by atoms with Crippen molar-refractivity contribution in [3.63, 3.8) is 0 Å². The third-order valence-electron chi connectivity index (χ3n) is 5.00. The molecule has 0 bridgehead atoms. The van der Waals surface area contributed by atoms with E-state index in [1.807, 2.05) is 13.8 Å². The van der Waals surface area contributed by atoms with Crippen molar-refractivity contribution in [2.75, 3.05) is 0 Å². The fraction of sp³-hybridized carbons (Fsp3) is 0.300. The number of allylic oxidation sites excluding steroid dienone is 2. The van der Waals surface area contributed by atoms with E-state index in [1.165, 1.54) is 6.07 Å². The van der Waals surface area contributed by atoms with E-state index in [-0.39, 0.29) is 45.9 Å². The van der Waals surface area contributed by atoms with Crippen LogP contribution in [0.2, 0.25) is 0 Å². The molecule has 24 heavy (non-hydrogen) atoms. The molecule has 0 saturated heterocycles. The molecule has 2 aromatic rings. The van der Waals surface area contributed by atoms with Gasteiger partial charge in [-0.3, -0.25) is 9.59 Å². The van der Waals surface area contributed by atoms with E-state index in [2.05, 4.69) is 0 Å². The molecule has 0 spiro atoms. The number of ketones is 2. The number of phenolic OH excluding ortho intramolecular Hbond substituents is 2. The number of phenols is 2. The highest BCUT2D eigenvalue weighted by Crippen LogP contribution is 2.49. The van der Waals surface area contributed by atoms with Gasteiger partial charge in [0.25, 0.3) is 0 Å². The van der Waals surface area contributed by atoms with Gasteiger partial charge in [0.15, 0.2) is 11.6 Å². The lowest BCUT2D eigenvalue weighted by Crippen LogP contribution is -2.29. The Bertz CT molecular complexity index is 963. The van der Waals surface area contributed by atoms with Crippen molar-refractivity contribution in [3.8, 4) is 11.5 Å². The molecule has 0 aromatic heterocycles. The van der Waals surface area contributed by atoms with Crippen LogP contribution in [0.15, 0.2) is 29.8 Å². The van der Waals surface area contributed by atoms with Crippen LogP contribution in [0, 0.1) is 5.41 Å². The van der Waals surface area contributed by atoms with Gasteiger partial charge in [0.05, 0.1) is 10.9 Å². The summed E-state index contributed by atoms with van der Waals surface area (Å²) in [6.45, 7) is 4.06. The van der Waals surface area contributed by atoms with Crippen molar-refractivity contribution in [1.29, 1.82) is 0 Å². The number of hydrogen-bond donors (Lipinski definition) is 2. The van der Waals surface area contributed by atoms with Crippen molar-refractivity contribution in [1.82, 2.24) is 0 Å². The Kier molecular flexibility index (Phi) is 2.92. The fourth-order valence-electron chi connectivity index (χ4n) is 4.12. The van der Waals surface area contributed by atoms with Crippen LogP contribution in [0.25, 0.3) is 16.3 Å². The van der Waals surface area contributed by atoms with Crippen LogP contribution < -0.4 is 0 Å². The molecule has 0 fully saturated rings. The zero-order valence-corrected chi connectivity index (χ0v) is 13.6. The lowest BCUT2D eigenvalue weighted by Gasteiger charge is -2.35. The number of Topliss-reactive ketones (excluding diaryl/α,β-unsaturated/α-hetero) is 2. The number of hydrogen-bond acceptors (Lipinski definition) is 4. The molecule has 0 amide bonds. The van der Waals surface area contributed by atoms with Crippen LogP contribution in [0.3, 0.4) is 0 Å². The summed E-state index contributed by atoms with van der Waals surface area (Å²) in [5.41, 5.74) is 1.98. The van der Waals surface area contributed by atoms with E-state index in [0.717, 1.165) is 5.57 Å². The van der Waals surface area contributed by atoms with Crippen LogP contribution >= 0.6 is 0 Å². The van der Waals surface area contributed by atoms with Crippen LogP contribution in [-0.4, -0.2) is 21.8 Å². The van der Waals surface area contributed by atoms with Gasteiger partial charge in [-0.1, -0.05) is 31.6 Å². The second-order valence-corrected chi connectivity index (χ2v) is 7.54. The van der Waals surface area contributed by atoms with Crippen molar-refractivity contribution in [3.05, 3.63) is 41.0 Å². The smallest absolute Gasteiger partial charge is 0.171 e.